The smallest absolute Gasteiger partial charge is 0.244 e. The molecule has 1 aliphatic rings. The van der Waals surface area contributed by atoms with E-state index in [2.05, 4.69) is 15.3 Å². The minimum absolute atomic E-state index is 0.106. The summed E-state index contributed by atoms with van der Waals surface area (Å²) in [7, 11) is 0. The molecule has 0 bridgehead atoms. The van der Waals surface area contributed by atoms with Crippen molar-refractivity contribution in [3.8, 4) is 5.75 Å². The van der Waals surface area contributed by atoms with E-state index >= 15 is 0 Å². The molecule has 0 aliphatic carbocycles. The molecule has 6 heteroatoms. The Labute approximate surface area is 146 Å². The first-order valence-electron chi connectivity index (χ1n) is 8.25. The highest BCUT2D eigenvalue weighted by Gasteiger charge is 2.26. The van der Waals surface area contributed by atoms with E-state index in [1.54, 1.807) is 12.1 Å². The van der Waals surface area contributed by atoms with Gasteiger partial charge in [0.05, 0.1) is 16.9 Å². The molecular formula is C19H20N4O2. The Balaban J connectivity index is 0.000000880. The second kappa shape index (κ2) is 6.76. The van der Waals surface area contributed by atoms with E-state index in [-0.39, 0.29) is 18.2 Å². The number of carbonyl (C=O) groups is 1. The van der Waals surface area contributed by atoms with Gasteiger partial charge in [0.15, 0.2) is 0 Å². The molecule has 0 fully saturated rings. The number of phenolic OH excluding ortho intramolecular Hbond substituents is 1. The lowest BCUT2D eigenvalue weighted by Crippen LogP contribution is -2.35. The Morgan fingerprint density at radius 2 is 1.88 bits per heavy atom. The first kappa shape index (κ1) is 16.7. The van der Waals surface area contributed by atoms with E-state index in [0.717, 1.165) is 16.6 Å². The Hall–Kier alpha value is -3.15. The number of amides is 1. The molecular weight excluding hydrogens is 316 g/mol. The van der Waals surface area contributed by atoms with Crippen LogP contribution < -0.4 is 10.2 Å². The van der Waals surface area contributed by atoms with E-state index in [9.17, 15) is 9.90 Å². The number of aryl methyl sites for hydroxylation is 1. The van der Waals surface area contributed by atoms with Gasteiger partial charge in [-0.3, -0.25) is 4.79 Å². The van der Waals surface area contributed by atoms with Crippen molar-refractivity contribution < 1.29 is 9.90 Å². The second-order valence-electron chi connectivity index (χ2n) is 5.45. The predicted molar refractivity (Wildman–Crippen MR) is 99.4 cm³/mol. The third-order valence-electron chi connectivity index (χ3n) is 3.80. The van der Waals surface area contributed by atoms with Crippen molar-refractivity contribution in [2.24, 2.45) is 0 Å². The maximum atomic E-state index is 12.1. The molecule has 0 spiro atoms. The quantitative estimate of drug-likeness (QED) is 0.707. The number of para-hydroxylation sites is 1. The van der Waals surface area contributed by atoms with Crippen LogP contribution in [0.15, 0.2) is 42.5 Å². The van der Waals surface area contributed by atoms with E-state index in [0.29, 0.717) is 17.3 Å². The lowest BCUT2D eigenvalue weighted by Gasteiger charge is -2.30. The SMILES string of the molecule is CC.Cc1nc(N2CC(=O)Nc3cc(O)ccc32)c2ccccc2n1. The first-order valence-corrected chi connectivity index (χ1v) is 8.25. The summed E-state index contributed by atoms with van der Waals surface area (Å²) in [6.07, 6.45) is 0. The minimum Gasteiger partial charge on any atom is -0.508 e. The summed E-state index contributed by atoms with van der Waals surface area (Å²) < 4.78 is 0. The molecule has 1 aliphatic heterocycles. The number of aromatic hydroxyl groups is 1. The van der Waals surface area contributed by atoms with Gasteiger partial charge in [-0.2, -0.15) is 0 Å². The van der Waals surface area contributed by atoms with Gasteiger partial charge in [-0.15, -0.1) is 0 Å². The van der Waals surface area contributed by atoms with E-state index in [4.69, 9.17) is 0 Å². The third-order valence-corrected chi connectivity index (χ3v) is 3.80. The van der Waals surface area contributed by atoms with Crippen molar-refractivity contribution in [3.63, 3.8) is 0 Å². The average Bonchev–Trinajstić information content (AvgIpc) is 2.61. The Kier molecular flexibility index (Phi) is 4.52. The number of aromatic nitrogens is 2. The highest BCUT2D eigenvalue weighted by atomic mass is 16.3. The van der Waals surface area contributed by atoms with Crippen molar-refractivity contribution in [1.29, 1.82) is 0 Å². The van der Waals surface area contributed by atoms with Gasteiger partial charge in [0.25, 0.3) is 0 Å². The van der Waals surface area contributed by atoms with Crippen LogP contribution in [0.1, 0.15) is 19.7 Å². The fourth-order valence-electron chi connectivity index (χ4n) is 2.85. The molecule has 0 saturated carbocycles. The monoisotopic (exact) mass is 336 g/mol. The van der Waals surface area contributed by atoms with E-state index in [1.165, 1.54) is 6.07 Å². The molecule has 0 atom stereocenters. The standard InChI is InChI=1S/C17H14N4O2.C2H6/c1-10-18-13-5-3-2-4-12(13)17(19-10)21-9-16(23)20-14-8-11(22)6-7-15(14)21;1-2/h2-8,22H,9H2,1H3,(H,20,23);1-2H3. The van der Waals surface area contributed by atoms with Crippen LogP contribution >= 0.6 is 0 Å². The van der Waals surface area contributed by atoms with E-state index < -0.39 is 0 Å². The number of benzene rings is 2. The van der Waals surface area contributed by atoms with Gasteiger partial charge in [-0.05, 0) is 31.2 Å². The summed E-state index contributed by atoms with van der Waals surface area (Å²) in [6.45, 7) is 6.00. The maximum absolute atomic E-state index is 12.1. The first-order chi connectivity index (χ1) is 12.1. The van der Waals surface area contributed by atoms with Gasteiger partial charge in [-0.1, -0.05) is 26.0 Å². The van der Waals surface area contributed by atoms with Gasteiger partial charge in [0.2, 0.25) is 5.91 Å². The van der Waals surface area contributed by atoms with Gasteiger partial charge in [-0.25, -0.2) is 9.97 Å². The fourth-order valence-corrected chi connectivity index (χ4v) is 2.85. The number of hydrogen-bond acceptors (Lipinski definition) is 5. The molecule has 0 unspecified atom stereocenters. The largest absolute Gasteiger partial charge is 0.508 e. The molecule has 1 amide bonds. The molecule has 2 heterocycles. The van der Waals surface area contributed by atoms with E-state index in [1.807, 2.05) is 49.9 Å². The number of carbonyl (C=O) groups excluding carboxylic acids is 1. The summed E-state index contributed by atoms with van der Waals surface area (Å²) in [5.41, 5.74) is 2.20. The summed E-state index contributed by atoms with van der Waals surface area (Å²) in [6, 6.07) is 12.6. The molecule has 128 valence electrons. The van der Waals surface area contributed by atoms with Gasteiger partial charge >= 0.3 is 0 Å². The average molecular weight is 336 g/mol. The highest BCUT2D eigenvalue weighted by Crippen LogP contribution is 2.38. The molecule has 6 nitrogen and oxygen atoms in total. The molecule has 0 radical (unpaired) electrons. The lowest BCUT2D eigenvalue weighted by atomic mass is 10.1. The number of phenols is 1. The molecule has 0 saturated heterocycles. The normalized spacial score (nSPS) is 12.9. The topological polar surface area (TPSA) is 78.4 Å². The van der Waals surface area contributed by atoms with Crippen LogP contribution in [-0.4, -0.2) is 27.5 Å². The molecule has 4 rings (SSSR count). The van der Waals surface area contributed by atoms with Crippen molar-refractivity contribution in [1.82, 2.24) is 9.97 Å². The highest BCUT2D eigenvalue weighted by molar-refractivity contribution is 6.05. The van der Waals surface area contributed by atoms with Gasteiger partial charge in [0.1, 0.15) is 23.9 Å². The summed E-state index contributed by atoms with van der Waals surface area (Å²) in [4.78, 5) is 22.9. The van der Waals surface area contributed by atoms with Crippen molar-refractivity contribution in [2.75, 3.05) is 16.8 Å². The zero-order valence-corrected chi connectivity index (χ0v) is 14.4. The molecule has 3 aromatic rings. The van der Waals surface area contributed by atoms with Crippen LogP contribution in [0.3, 0.4) is 0 Å². The zero-order valence-electron chi connectivity index (χ0n) is 14.4. The number of hydrogen-bond donors (Lipinski definition) is 2. The fraction of sp³-hybridized carbons (Fsp3) is 0.211. The minimum atomic E-state index is -0.150. The maximum Gasteiger partial charge on any atom is 0.244 e. The molecule has 2 aromatic carbocycles. The predicted octanol–water partition coefficient (Wildman–Crippen LogP) is 3.76. The number of nitrogens with zero attached hydrogens (tertiary/aromatic N) is 3. The van der Waals surface area contributed by atoms with Crippen molar-refractivity contribution >= 4 is 34.0 Å². The van der Waals surface area contributed by atoms with Gasteiger partial charge < -0.3 is 15.3 Å². The number of anilines is 3. The van der Waals surface area contributed by atoms with Crippen LogP contribution in [0.25, 0.3) is 10.9 Å². The van der Waals surface area contributed by atoms with Crippen molar-refractivity contribution in [2.45, 2.75) is 20.8 Å². The van der Waals surface area contributed by atoms with Crippen LogP contribution in [0, 0.1) is 6.92 Å². The van der Waals surface area contributed by atoms with Crippen LogP contribution in [0.4, 0.5) is 17.2 Å². The van der Waals surface area contributed by atoms with Crippen molar-refractivity contribution in [3.05, 3.63) is 48.3 Å². The second-order valence-corrected chi connectivity index (χ2v) is 5.45. The summed E-state index contributed by atoms with van der Waals surface area (Å²) >= 11 is 0. The molecule has 25 heavy (non-hydrogen) atoms. The molecule has 1 aromatic heterocycles. The number of rotatable bonds is 1. The summed E-state index contributed by atoms with van der Waals surface area (Å²) in [5, 5.41) is 13.3. The number of fused-ring (bicyclic) bond motifs is 2. The van der Waals surface area contributed by atoms with Crippen LogP contribution in [-0.2, 0) is 4.79 Å². The zero-order chi connectivity index (χ0) is 18.0. The Bertz CT molecular complexity index is 940. The molecule has 2 N–H and O–H groups in total. The number of nitrogens with one attached hydrogen (secondary N) is 1. The van der Waals surface area contributed by atoms with Crippen LogP contribution in [0.2, 0.25) is 0 Å². The van der Waals surface area contributed by atoms with Gasteiger partial charge in [0, 0.05) is 11.5 Å². The Morgan fingerprint density at radius 3 is 2.68 bits per heavy atom. The summed E-state index contributed by atoms with van der Waals surface area (Å²) in [5.74, 6) is 1.29. The lowest BCUT2D eigenvalue weighted by molar-refractivity contribution is -0.115. The Morgan fingerprint density at radius 1 is 1.12 bits per heavy atom. The third kappa shape index (κ3) is 3.10. The van der Waals surface area contributed by atoms with Crippen LogP contribution in [0.5, 0.6) is 5.75 Å².